The van der Waals surface area contributed by atoms with Crippen molar-refractivity contribution in [2.24, 2.45) is 7.05 Å². The molecule has 3 rings (SSSR count). The van der Waals surface area contributed by atoms with Crippen molar-refractivity contribution in [1.29, 1.82) is 0 Å². The van der Waals surface area contributed by atoms with E-state index in [0.717, 1.165) is 18.5 Å². The number of amides is 2. The summed E-state index contributed by atoms with van der Waals surface area (Å²) in [7, 11) is 2.04. The van der Waals surface area contributed by atoms with Gasteiger partial charge in [-0.25, -0.2) is 4.79 Å². The van der Waals surface area contributed by atoms with Crippen LogP contribution in [0.15, 0.2) is 24.4 Å². The van der Waals surface area contributed by atoms with Gasteiger partial charge in [-0.3, -0.25) is 0 Å². The van der Waals surface area contributed by atoms with Crippen LogP contribution in [0.2, 0.25) is 0 Å². The SMILES string of the molecule is Cc1cn(C)c2ccc(NC(=O)NC3CCCC3)cc12. The first-order chi connectivity index (χ1) is 9.63. The number of fused-ring (bicyclic) bond motifs is 1. The summed E-state index contributed by atoms with van der Waals surface area (Å²) in [5.74, 6) is 0. The van der Waals surface area contributed by atoms with Crippen LogP contribution in [0.1, 0.15) is 31.2 Å². The van der Waals surface area contributed by atoms with Crippen molar-refractivity contribution in [2.75, 3.05) is 5.32 Å². The molecule has 0 atom stereocenters. The molecule has 4 heteroatoms. The first-order valence-electron chi connectivity index (χ1n) is 7.27. The number of carbonyl (C=O) groups excluding carboxylic acids is 1. The molecular formula is C16H21N3O. The van der Waals surface area contributed by atoms with Gasteiger partial charge in [0.05, 0.1) is 0 Å². The van der Waals surface area contributed by atoms with E-state index in [1.165, 1.54) is 29.3 Å². The quantitative estimate of drug-likeness (QED) is 0.862. The van der Waals surface area contributed by atoms with E-state index < -0.39 is 0 Å². The molecule has 1 saturated carbocycles. The van der Waals surface area contributed by atoms with Crippen LogP contribution in [0.4, 0.5) is 10.5 Å². The lowest BCUT2D eigenvalue weighted by Crippen LogP contribution is -2.36. The second kappa shape index (κ2) is 5.19. The summed E-state index contributed by atoms with van der Waals surface area (Å²) in [6, 6.07) is 6.30. The second-order valence-electron chi connectivity index (χ2n) is 5.73. The standard InChI is InChI=1S/C16H21N3O/c1-11-10-19(2)15-8-7-13(9-14(11)15)18-16(20)17-12-5-3-4-6-12/h7-10,12H,3-6H2,1-2H3,(H2,17,18,20). The van der Waals surface area contributed by atoms with Crippen molar-refractivity contribution in [1.82, 2.24) is 9.88 Å². The molecule has 0 radical (unpaired) electrons. The number of benzene rings is 1. The van der Waals surface area contributed by atoms with Gasteiger partial charge in [0.2, 0.25) is 0 Å². The van der Waals surface area contributed by atoms with Crippen molar-refractivity contribution < 1.29 is 4.79 Å². The summed E-state index contributed by atoms with van der Waals surface area (Å²) in [6.07, 6.45) is 6.75. The molecule has 1 fully saturated rings. The number of nitrogens with zero attached hydrogens (tertiary/aromatic N) is 1. The maximum atomic E-state index is 12.0. The van der Waals surface area contributed by atoms with E-state index in [9.17, 15) is 4.79 Å². The maximum absolute atomic E-state index is 12.0. The number of nitrogens with one attached hydrogen (secondary N) is 2. The molecule has 1 aromatic carbocycles. The molecule has 2 aromatic rings. The lowest BCUT2D eigenvalue weighted by Gasteiger charge is -2.13. The van der Waals surface area contributed by atoms with Crippen LogP contribution in [0.3, 0.4) is 0 Å². The highest BCUT2D eigenvalue weighted by molar-refractivity contribution is 5.94. The molecule has 4 nitrogen and oxygen atoms in total. The lowest BCUT2D eigenvalue weighted by molar-refractivity contribution is 0.248. The second-order valence-corrected chi connectivity index (χ2v) is 5.73. The van der Waals surface area contributed by atoms with Crippen molar-refractivity contribution in [3.8, 4) is 0 Å². The fourth-order valence-electron chi connectivity index (χ4n) is 3.09. The van der Waals surface area contributed by atoms with Gasteiger partial charge < -0.3 is 15.2 Å². The molecule has 2 N–H and O–H groups in total. The largest absolute Gasteiger partial charge is 0.350 e. The fourth-order valence-corrected chi connectivity index (χ4v) is 3.09. The Hall–Kier alpha value is -1.97. The van der Waals surface area contributed by atoms with Gasteiger partial charge in [0.1, 0.15) is 0 Å². The van der Waals surface area contributed by atoms with Crippen LogP contribution in [0, 0.1) is 6.92 Å². The zero-order valence-electron chi connectivity index (χ0n) is 12.1. The average molecular weight is 271 g/mol. The Morgan fingerprint density at radius 3 is 2.80 bits per heavy atom. The Morgan fingerprint density at radius 2 is 2.05 bits per heavy atom. The number of rotatable bonds is 2. The van der Waals surface area contributed by atoms with Gasteiger partial charge in [0.15, 0.2) is 0 Å². The normalized spacial score (nSPS) is 15.7. The van der Waals surface area contributed by atoms with Crippen LogP contribution in [0.5, 0.6) is 0 Å². The summed E-state index contributed by atoms with van der Waals surface area (Å²) >= 11 is 0. The number of anilines is 1. The molecule has 0 unspecified atom stereocenters. The first-order valence-corrected chi connectivity index (χ1v) is 7.27. The molecule has 1 aromatic heterocycles. The molecule has 1 aliphatic rings. The van der Waals surface area contributed by atoms with Crippen LogP contribution >= 0.6 is 0 Å². The summed E-state index contributed by atoms with van der Waals surface area (Å²) < 4.78 is 2.10. The molecule has 0 bridgehead atoms. The fraction of sp³-hybridized carbons (Fsp3) is 0.438. The van der Waals surface area contributed by atoms with Gasteiger partial charge in [-0.1, -0.05) is 12.8 Å². The Bertz CT molecular complexity index is 638. The van der Waals surface area contributed by atoms with E-state index in [1.807, 2.05) is 25.2 Å². The first kappa shape index (κ1) is 13.0. The van der Waals surface area contributed by atoms with E-state index in [2.05, 4.69) is 28.3 Å². The summed E-state index contributed by atoms with van der Waals surface area (Å²) in [4.78, 5) is 12.0. The minimum atomic E-state index is -0.0927. The number of urea groups is 1. The molecule has 2 amide bonds. The Balaban J connectivity index is 1.73. The van der Waals surface area contributed by atoms with Crippen LogP contribution in [-0.4, -0.2) is 16.6 Å². The minimum absolute atomic E-state index is 0.0927. The van der Waals surface area contributed by atoms with Crippen molar-refractivity contribution in [3.63, 3.8) is 0 Å². The van der Waals surface area contributed by atoms with E-state index in [0.29, 0.717) is 6.04 Å². The summed E-state index contributed by atoms with van der Waals surface area (Å²) in [6.45, 7) is 2.09. The Labute approximate surface area is 119 Å². The number of hydrogen-bond acceptors (Lipinski definition) is 1. The molecule has 0 spiro atoms. The molecule has 106 valence electrons. The number of hydrogen-bond donors (Lipinski definition) is 2. The van der Waals surface area contributed by atoms with Gasteiger partial charge in [0, 0.05) is 35.9 Å². The van der Waals surface area contributed by atoms with Crippen LogP contribution < -0.4 is 10.6 Å². The summed E-state index contributed by atoms with van der Waals surface area (Å²) in [5.41, 5.74) is 3.26. The number of carbonyl (C=O) groups is 1. The van der Waals surface area contributed by atoms with Gasteiger partial charge in [-0.2, -0.15) is 0 Å². The minimum Gasteiger partial charge on any atom is -0.350 e. The Morgan fingerprint density at radius 1 is 1.30 bits per heavy atom. The molecule has 1 aliphatic carbocycles. The third-order valence-corrected chi connectivity index (χ3v) is 4.14. The molecule has 0 saturated heterocycles. The highest BCUT2D eigenvalue weighted by Crippen LogP contribution is 2.24. The van der Waals surface area contributed by atoms with Gasteiger partial charge >= 0.3 is 6.03 Å². The van der Waals surface area contributed by atoms with Gasteiger partial charge in [-0.15, -0.1) is 0 Å². The average Bonchev–Trinajstić information content (AvgIpc) is 2.99. The highest BCUT2D eigenvalue weighted by atomic mass is 16.2. The predicted molar refractivity (Wildman–Crippen MR) is 82.1 cm³/mol. The van der Waals surface area contributed by atoms with Crippen molar-refractivity contribution >= 4 is 22.6 Å². The highest BCUT2D eigenvalue weighted by Gasteiger charge is 2.17. The van der Waals surface area contributed by atoms with Crippen LogP contribution in [0.25, 0.3) is 10.9 Å². The molecule has 1 heterocycles. The van der Waals surface area contributed by atoms with E-state index in [4.69, 9.17) is 0 Å². The molecule has 20 heavy (non-hydrogen) atoms. The molecular weight excluding hydrogens is 250 g/mol. The topological polar surface area (TPSA) is 46.1 Å². The summed E-state index contributed by atoms with van der Waals surface area (Å²) in [5, 5.41) is 7.16. The zero-order chi connectivity index (χ0) is 14.1. The van der Waals surface area contributed by atoms with E-state index in [-0.39, 0.29) is 6.03 Å². The monoisotopic (exact) mass is 271 g/mol. The van der Waals surface area contributed by atoms with E-state index in [1.54, 1.807) is 0 Å². The lowest BCUT2D eigenvalue weighted by atomic mass is 10.2. The maximum Gasteiger partial charge on any atom is 0.319 e. The molecule has 0 aliphatic heterocycles. The van der Waals surface area contributed by atoms with Gasteiger partial charge in [-0.05, 0) is 43.5 Å². The van der Waals surface area contributed by atoms with Crippen molar-refractivity contribution in [2.45, 2.75) is 38.6 Å². The van der Waals surface area contributed by atoms with E-state index >= 15 is 0 Å². The smallest absolute Gasteiger partial charge is 0.319 e. The third kappa shape index (κ3) is 2.50. The number of aryl methyl sites for hydroxylation is 2. The third-order valence-electron chi connectivity index (χ3n) is 4.14. The predicted octanol–water partition coefficient (Wildman–Crippen LogP) is 3.55. The van der Waals surface area contributed by atoms with Crippen molar-refractivity contribution in [3.05, 3.63) is 30.0 Å². The Kier molecular flexibility index (Phi) is 3.38. The number of aromatic nitrogens is 1. The van der Waals surface area contributed by atoms with Gasteiger partial charge in [0.25, 0.3) is 0 Å². The van der Waals surface area contributed by atoms with Crippen LogP contribution in [-0.2, 0) is 7.05 Å². The zero-order valence-corrected chi connectivity index (χ0v) is 12.1.